The van der Waals surface area contributed by atoms with Crippen molar-refractivity contribution in [1.82, 2.24) is 0 Å². The van der Waals surface area contributed by atoms with E-state index >= 15 is 0 Å². The van der Waals surface area contributed by atoms with Gasteiger partial charge in [-0.2, -0.15) is 0 Å². The van der Waals surface area contributed by atoms with Crippen LogP contribution in [0.15, 0.2) is 60.7 Å². The van der Waals surface area contributed by atoms with Gasteiger partial charge >= 0.3 is 8.80 Å². The Balaban J connectivity index is 0.000000320. The van der Waals surface area contributed by atoms with Gasteiger partial charge in [-0.25, -0.2) is 0 Å². The first kappa shape index (κ1) is 28.5. The summed E-state index contributed by atoms with van der Waals surface area (Å²) >= 11 is 0. The number of benzene rings is 2. The maximum Gasteiger partial charge on any atom is 0.537 e. The minimum Gasteiger partial charge on any atom is -0.384 e. The minimum atomic E-state index is -2.67. The second-order valence-corrected chi connectivity index (χ2v) is 12.4. The zero-order valence-electron chi connectivity index (χ0n) is 21.6. The van der Waals surface area contributed by atoms with E-state index in [0.29, 0.717) is 19.8 Å². The zero-order chi connectivity index (χ0) is 24.5. The molecule has 0 fully saturated rings. The van der Waals surface area contributed by atoms with Crippen LogP contribution in [0.25, 0.3) is 0 Å². The van der Waals surface area contributed by atoms with E-state index in [0.717, 1.165) is 10.8 Å². The molecule has 2 aromatic rings. The van der Waals surface area contributed by atoms with Gasteiger partial charge in [0.25, 0.3) is 0 Å². The SMILES string of the molecule is CC(C)(C)C(O)(c1ccccc1)C(C)(C)C.CCO[Si](OCC)(OCC)c1ccccc1. The van der Waals surface area contributed by atoms with Crippen molar-refractivity contribution in [3.05, 3.63) is 66.2 Å². The molecular weight excluding hydrogens is 416 g/mol. The first-order valence-corrected chi connectivity index (χ1v) is 13.4. The van der Waals surface area contributed by atoms with Gasteiger partial charge in [-0.1, -0.05) is 102 Å². The monoisotopic (exact) mass is 460 g/mol. The fraction of sp³-hybridized carbons (Fsp3) is 0.556. The van der Waals surface area contributed by atoms with Crippen LogP contribution >= 0.6 is 0 Å². The lowest BCUT2D eigenvalue weighted by atomic mass is 9.59. The van der Waals surface area contributed by atoms with E-state index in [2.05, 4.69) is 41.5 Å². The predicted octanol–water partition coefficient (Wildman–Crippen LogP) is 5.91. The third-order valence-corrected chi connectivity index (χ3v) is 8.54. The van der Waals surface area contributed by atoms with Gasteiger partial charge in [0, 0.05) is 25.0 Å². The average Bonchev–Trinajstić information content (AvgIpc) is 2.74. The van der Waals surface area contributed by atoms with Crippen LogP contribution in [0.5, 0.6) is 0 Å². The van der Waals surface area contributed by atoms with Crippen molar-refractivity contribution >= 4 is 14.0 Å². The van der Waals surface area contributed by atoms with Gasteiger partial charge in [-0.15, -0.1) is 0 Å². The molecule has 4 nitrogen and oxygen atoms in total. The second-order valence-electron chi connectivity index (χ2n) is 9.80. The summed E-state index contributed by atoms with van der Waals surface area (Å²) in [6.45, 7) is 20.2. The Morgan fingerprint density at radius 1 is 0.625 bits per heavy atom. The Kier molecular flexibility index (Phi) is 10.8. The number of hydrogen-bond donors (Lipinski definition) is 1. The number of hydrogen-bond acceptors (Lipinski definition) is 4. The fourth-order valence-electron chi connectivity index (χ4n) is 4.26. The fourth-order valence-corrected chi connectivity index (χ4v) is 6.75. The molecular formula is C27H44O4Si. The molecule has 0 aromatic heterocycles. The number of rotatable bonds is 8. The van der Waals surface area contributed by atoms with Crippen LogP contribution in [0, 0.1) is 10.8 Å². The highest BCUT2D eigenvalue weighted by molar-refractivity contribution is 6.75. The molecule has 0 amide bonds. The van der Waals surface area contributed by atoms with E-state index in [1.807, 2.05) is 81.4 Å². The molecule has 0 unspecified atom stereocenters. The summed E-state index contributed by atoms with van der Waals surface area (Å²) < 4.78 is 17.4. The van der Waals surface area contributed by atoms with E-state index < -0.39 is 14.4 Å². The normalized spacial score (nSPS) is 12.8. The van der Waals surface area contributed by atoms with E-state index in [1.165, 1.54) is 0 Å². The van der Waals surface area contributed by atoms with Gasteiger partial charge in [-0.3, -0.25) is 0 Å². The van der Waals surface area contributed by atoms with Crippen LogP contribution in [0.2, 0.25) is 0 Å². The molecule has 0 atom stereocenters. The maximum atomic E-state index is 11.2. The Morgan fingerprint density at radius 2 is 0.969 bits per heavy atom. The molecule has 0 heterocycles. The van der Waals surface area contributed by atoms with E-state index in [9.17, 15) is 5.11 Å². The van der Waals surface area contributed by atoms with Crippen molar-refractivity contribution in [2.75, 3.05) is 19.8 Å². The first-order chi connectivity index (χ1) is 14.9. The highest BCUT2D eigenvalue weighted by Gasteiger charge is 2.50. The van der Waals surface area contributed by atoms with Crippen molar-refractivity contribution in [3.63, 3.8) is 0 Å². The summed E-state index contributed by atoms with van der Waals surface area (Å²) in [6, 6.07) is 19.9. The molecule has 180 valence electrons. The van der Waals surface area contributed by atoms with E-state index in [1.54, 1.807) is 0 Å². The standard InChI is InChI=1S/C15H24O.C12H20O3Si/c1-13(2,3)15(16,14(4,5)6)12-10-8-7-9-11-12;1-4-13-16(14-5-2,15-6-3)12-10-8-7-9-11-12/h7-11,16H,1-6H3;7-11H,4-6H2,1-3H3. The largest absolute Gasteiger partial charge is 0.537 e. The van der Waals surface area contributed by atoms with Crippen LogP contribution < -0.4 is 5.19 Å². The van der Waals surface area contributed by atoms with Crippen molar-refractivity contribution in [2.45, 2.75) is 67.9 Å². The lowest BCUT2D eigenvalue weighted by Crippen LogP contribution is -2.56. The molecule has 0 aliphatic heterocycles. The van der Waals surface area contributed by atoms with Crippen LogP contribution in [0.4, 0.5) is 0 Å². The van der Waals surface area contributed by atoms with Crippen molar-refractivity contribution in [1.29, 1.82) is 0 Å². The van der Waals surface area contributed by atoms with E-state index in [4.69, 9.17) is 13.3 Å². The van der Waals surface area contributed by atoms with Crippen molar-refractivity contribution < 1.29 is 18.4 Å². The molecule has 0 aliphatic carbocycles. The number of aliphatic hydroxyl groups is 1. The summed E-state index contributed by atoms with van der Waals surface area (Å²) in [6.07, 6.45) is 0. The van der Waals surface area contributed by atoms with Gasteiger partial charge in [0.1, 0.15) is 0 Å². The second kappa shape index (κ2) is 12.1. The highest BCUT2D eigenvalue weighted by atomic mass is 28.4. The minimum absolute atomic E-state index is 0.202. The summed E-state index contributed by atoms with van der Waals surface area (Å²) in [5, 5.41) is 12.2. The summed E-state index contributed by atoms with van der Waals surface area (Å²) in [4.78, 5) is 0. The highest BCUT2D eigenvalue weighted by Crippen LogP contribution is 2.50. The van der Waals surface area contributed by atoms with Crippen molar-refractivity contribution in [3.8, 4) is 0 Å². The van der Waals surface area contributed by atoms with E-state index in [-0.39, 0.29) is 10.8 Å². The molecule has 2 aromatic carbocycles. The molecule has 2 rings (SSSR count). The van der Waals surface area contributed by atoms with Crippen LogP contribution in [-0.2, 0) is 18.9 Å². The Hall–Kier alpha value is -1.50. The maximum absolute atomic E-state index is 11.2. The molecule has 5 heteroatoms. The molecule has 0 saturated carbocycles. The molecule has 0 spiro atoms. The average molecular weight is 461 g/mol. The Morgan fingerprint density at radius 3 is 1.28 bits per heavy atom. The predicted molar refractivity (Wildman–Crippen MR) is 136 cm³/mol. The van der Waals surface area contributed by atoms with Gasteiger partial charge in [-0.05, 0) is 37.2 Å². The third kappa shape index (κ3) is 6.75. The summed E-state index contributed by atoms with van der Waals surface area (Å²) in [5.41, 5.74) is -0.240. The molecule has 32 heavy (non-hydrogen) atoms. The van der Waals surface area contributed by atoms with Gasteiger partial charge in [0.15, 0.2) is 0 Å². The molecule has 0 saturated heterocycles. The molecule has 0 radical (unpaired) electrons. The topological polar surface area (TPSA) is 47.9 Å². The molecule has 1 N–H and O–H groups in total. The van der Waals surface area contributed by atoms with Gasteiger partial charge in [0.05, 0.1) is 5.60 Å². The lowest BCUT2D eigenvalue weighted by molar-refractivity contribution is -0.145. The smallest absolute Gasteiger partial charge is 0.384 e. The third-order valence-electron chi connectivity index (χ3n) is 5.49. The van der Waals surface area contributed by atoms with Crippen LogP contribution in [-0.4, -0.2) is 33.7 Å². The quantitative estimate of drug-likeness (QED) is 0.498. The molecule has 0 bridgehead atoms. The summed E-state index contributed by atoms with van der Waals surface area (Å²) in [7, 11) is -2.67. The Labute approximate surface area is 197 Å². The first-order valence-electron chi connectivity index (χ1n) is 11.6. The zero-order valence-corrected chi connectivity index (χ0v) is 22.6. The van der Waals surface area contributed by atoms with Crippen molar-refractivity contribution in [2.24, 2.45) is 10.8 Å². The van der Waals surface area contributed by atoms with Gasteiger partial charge in [0.2, 0.25) is 0 Å². The summed E-state index contributed by atoms with van der Waals surface area (Å²) in [5.74, 6) is 0. The van der Waals surface area contributed by atoms with Gasteiger partial charge < -0.3 is 18.4 Å². The Bertz CT molecular complexity index is 733. The van der Waals surface area contributed by atoms with Crippen LogP contribution in [0.1, 0.15) is 67.9 Å². The van der Waals surface area contributed by atoms with Crippen LogP contribution in [0.3, 0.4) is 0 Å². The lowest BCUT2D eigenvalue weighted by Gasteiger charge is -2.50. The molecule has 0 aliphatic rings.